The molecule has 0 aliphatic carbocycles. The van der Waals surface area contributed by atoms with Crippen LogP contribution in [0, 0.1) is 0 Å². The van der Waals surface area contributed by atoms with E-state index in [2.05, 4.69) is 10.6 Å². The SMILES string of the molecule is CC(C)(C)OC(=O)C[C@H](NC(=O)N[C@@H](CC(=O)O)c1ccc2c(c1)OCO2)c1ccc2c(c1)OCO2. The third-order valence-electron chi connectivity index (χ3n) is 5.38. The summed E-state index contributed by atoms with van der Waals surface area (Å²) in [5.74, 6) is 0.449. The highest BCUT2D eigenvalue weighted by molar-refractivity contribution is 5.78. The number of carboxylic acids is 1. The smallest absolute Gasteiger partial charge is 0.315 e. The van der Waals surface area contributed by atoms with Gasteiger partial charge in [0.05, 0.1) is 24.9 Å². The van der Waals surface area contributed by atoms with Crippen LogP contribution < -0.4 is 29.6 Å². The molecule has 2 aromatic carbocycles. The molecule has 0 radical (unpaired) electrons. The van der Waals surface area contributed by atoms with Crippen molar-refractivity contribution in [3.8, 4) is 23.0 Å². The van der Waals surface area contributed by atoms with E-state index in [1.807, 2.05) is 0 Å². The lowest BCUT2D eigenvalue weighted by atomic mass is 10.0. The van der Waals surface area contributed by atoms with E-state index in [0.717, 1.165) is 0 Å². The van der Waals surface area contributed by atoms with E-state index in [1.54, 1.807) is 57.2 Å². The van der Waals surface area contributed by atoms with Gasteiger partial charge in [0.2, 0.25) is 13.6 Å². The van der Waals surface area contributed by atoms with Gasteiger partial charge in [0.15, 0.2) is 23.0 Å². The molecule has 0 aromatic heterocycles. The zero-order valence-corrected chi connectivity index (χ0v) is 20.2. The Bertz CT molecular complexity index is 1160. The summed E-state index contributed by atoms with van der Waals surface area (Å²) in [5, 5.41) is 14.9. The second kappa shape index (κ2) is 10.2. The van der Waals surface area contributed by atoms with E-state index < -0.39 is 35.7 Å². The van der Waals surface area contributed by atoms with Crippen molar-refractivity contribution < 1.29 is 43.2 Å². The average Bonchev–Trinajstić information content (AvgIpc) is 3.44. The number of amides is 2. The molecule has 3 N–H and O–H groups in total. The number of ether oxygens (including phenoxy) is 5. The minimum Gasteiger partial charge on any atom is -0.481 e. The van der Waals surface area contributed by atoms with E-state index in [9.17, 15) is 19.5 Å². The van der Waals surface area contributed by atoms with Gasteiger partial charge in [-0.3, -0.25) is 9.59 Å². The van der Waals surface area contributed by atoms with E-state index in [0.29, 0.717) is 34.1 Å². The van der Waals surface area contributed by atoms with Crippen LogP contribution in [-0.4, -0.2) is 42.3 Å². The standard InChI is InChI=1S/C25H28N2O9/c1-25(2,3)36-23(30)11-17(15-5-7-19-21(9-15)35-13-33-19)27-24(31)26-16(10-22(28)29)14-4-6-18-20(8-14)34-12-32-18/h4-9,16-17H,10-13H2,1-3H3,(H,28,29)(H2,26,27,31)/t16-,17-/m0/s1. The Hall–Kier alpha value is -4.15. The van der Waals surface area contributed by atoms with Crippen LogP contribution in [0.5, 0.6) is 23.0 Å². The summed E-state index contributed by atoms with van der Waals surface area (Å²) in [5.41, 5.74) is 0.423. The summed E-state index contributed by atoms with van der Waals surface area (Å²) in [6, 6.07) is 7.74. The van der Waals surface area contributed by atoms with Crippen molar-refractivity contribution in [2.24, 2.45) is 0 Å². The van der Waals surface area contributed by atoms with Crippen molar-refractivity contribution in [1.82, 2.24) is 10.6 Å². The highest BCUT2D eigenvalue weighted by Gasteiger charge is 2.27. The second-order valence-electron chi connectivity index (χ2n) is 9.34. The number of fused-ring (bicyclic) bond motifs is 2. The molecule has 0 saturated carbocycles. The predicted molar refractivity (Wildman–Crippen MR) is 125 cm³/mol. The molecular formula is C25H28N2O9. The van der Waals surface area contributed by atoms with E-state index in [4.69, 9.17) is 23.7 Å². The molecule has 2 heterocycles. The zero-order valence-electron chi connectivity index (χ0n) is 20.2. The van der Waals surface area contributed by atoms with Crippen LogP contribution in [0.3, 0.4) is 0 Å². The van der Waals surface area contributed by atoms with Crippen molar-refractivity contribution >= 4 is 18.0 Å². The molecule has 2 atom stereocenters. The molecule has 2 aliphatic heterocycles. The number of rotatable bonds is 8. The first-order valence-corrected chi connectivity index (χ1v) is 11.4. The molecule has 0 unspecified atom stereocenters. The topological polar surface area (TPSA) is 142 Å². The number of hydrogen-bond donors (Lipinski definition) is 3. The van der Waals surface area contributed by atoms with Gasteiger partial charge in [-0.25, -0.2) is 4.79 Å². The number of aliphatic carboxylic acids is 1. The number of carboxylic acid groups (broad SMARTS) is 1. The highest BCUT2D eigenvalue weighted by Crippen LogP contribution is 2.36. The fourth-order valence-electron chi connectivity index (χ4n) is 3.85. The number of nitrogens with one attached hydrogen (secondary N) is 2. The van der Waals surface area contributed by atoms with Crippen LogP contribution in [0.1, 0.15) is 56.8 Å². The van der Waals surface area contributed by atoms with E-state index in [1.165, 1.54) is 0 Å². The Balaban J connectivity index is 1.52. The molecule has 192 valence electrons. The maximum absolute atomic E-state index is 13.0. The number of esters is 1. The molecule has 0 fully saturated rings. The number of hydrogen-bond acceptors (Lipinski definition) is 8. The molecule has 11 nitrogen and oxygen atoms in total. The quantitative estimate of drug-likeness (QED) is 0.465. The predicted octanol–water partition coefficient (Wildman–Crippen LogP) is 3.43. The second-order valence-corrected chi connectivity index (χ2v) is 9.34. The molecule has 11 heteroatoms. The molecule has 0 saturated heterocycles. The van der Waals surface area contributed by atoms with Crippen LogP contribution in [0.2, 0.25) is 0 Å². The van der Waals surface area contributed by atoms with Gasteiger partial charge in [-0.2, -0.15) is 0 Å². The molecule has 4 rings (SSSR count). The van der Waals surface area contributed by atoms with Crippen molar-refractivity contribution in [2.75, 3.05) is 13.6 Å². The van der Waals surface area contributed by atoms with Gasteiger partial charge in [-0.15, -0.1) is 0 Å². The van der Waals surface area contributed by atoms with Crippen molar-refractivity contribution in [3.63, 3.8) is 0 Å². The summed E-state index contributed by atoms with van der Waals surface area (Å²) >= 11 is 0. The summed E-state index contributed by atoms with van der Waals surface area (Å²) in [6.45, 7) is 5.40. The fraction of sp³-hybridized carbons (Fsp3) is 0.400. The molecule has 0 spiro atoms. The van der Waals surface area contributed by atoms with E-state index >= 15 is 0 Å². The van der Waals surface area contributed by atoms with Crippen molar-refractivity contribution in [2.45, 2.75) is 51.3 Å². The number of urea groups is 1. The van der Waals surface area contributed by atoms with Gasteiger partial charge in [-0.05, 0) is 56.2 Å². The first-order valence-electron chi connectivity index (χ1n) is 11.4. The van der Waals surface area contributed by atoms with Crippen LogP contribution in [-0.2, 0) is 14.3 Å². The monoisotopic (exact) mass is 500 g/mol. The molecular weight excluding hydrogens is 472 g/mol. The van der Waals surface area contributed by atoms with Crippen LogP contribution in [0.4, 0.5) is 4.79 Å². The largest absolute Gasteiger partial charge is 0.481 e. The molecule has 2 aliphatic rings. The first kappa shape index (κ1) is 25.0. The van der Waals surface area contributed by atoms with Gasteiger partial charge in [0.1, 0.15) is 5.60 Å². The zero-order chi connectivity index (χ0) is 25.9. The minimum absolute atomic E-state index is 0.0676. The number of benzene rings is 2. The molecule has 2 amide bonds. The lowest BCUT2D eigenvalue weighted by Gasteiger charge is -2.25. The van der Waals surface area contributed by atoms with Crippen molar-refractivity contribution in [1.29, 1.82) is 0 Å². The van der Waals surface area contributed by atoms with Gasteiger partial charge >= 0.3 is 18.0 Å². The minimum atomic E-state index is -1.10. The lowest BCUT2D eigenvalue weighted by molar-refractivity contribution is -0.155. The Morgan fingerprint density at radius 1 is 0.833 bits per heavy atom. The summed E-state index contributed by atoms with van der Waals surface area (Å²) in [4.78, 5) is 37.2. The van der Waals surface area contributed by atoms with Crippen LogP contribution in [0.15, 0.2) is 36.4 Å². The summed E-state index contributed by atoms with van der Waals surface area (Å²) in [7, 11) is 0. The maximum Gasteiger partial charge on any atom is 0.315 e. The Morgan fingerprint density at radius 2 is 1.31 bits per heavy atom. The van der Waals surface area contributed by atoms with Gasteiger partial charge in [0.25, 0.3) is 0 Å². The summed E-state index contributed by atoms with van der Waals surface area (Å²) in [6.07, 6.45) is -0.522. The van der Waals surface area contributed by atoms with Gasteiger partial charge < -0.3 is 39.4 Å². The summed E-state index contributed by atoms with van der Waals surface area (Å²) < 4.78 is 26.9. The third kappa shape index (κ3) is 6.29. The number of carbonyl (C=O) groups is 3. The lowest BCUT2D eigenvalue weighted by Crippen LogP contribution is -2.41. The highest BCUT2D eigenvalue weighted by atomic mass is 16.7. The average molecular weight is 501 g/mol. The Kier molecular flexibility index (Phi) is 7.09. The van der Waals surface area contributed by atoms with E-state index in [-0.39, 0.29) is 26.4 Å². The molecule has 36 heavy (non-hydrogen) atoms. The third-order valence-corrected chi connectivity index (χ3v) is 5.38. The first-order chi connectivity index (χ1) is 17.1. The van der Waals surface area contributed by atoms with Crippen molar-refractivity contribution in [3.05, 3.63) is 47.5 Å². The fourth-order valence-corrected chi connectivity index (χ4v) is 3.85. The normalized spacial score (nSPS) is 15.1. The van der Waals surface area contributed by atoms with Gasteiger partial charge in [0, 0.05) is 0 Å². The molecule has 0 bridgehead atoms. The maximum atomic E-state index is 13.0. The number of carbonyl (C=O) groups excluding carboxylic acids is 2. The Morgan fingerprint density at radius 3 is 1.78 bits per heavy atom. The Labute approximate surface area is 207 Å². The molecule has 2 aromatic rings. The van der Waals surface area contributed by atoms with Gasteiger partial charge in [-0.1, -0.05) is 12.1 Å². The van der Waals surface area contributed by atoms with Crippen LogP contribution in [0.25, 0.3) is 0 Å². The van der Waals surface area contributed by atoms with Crippen LogP contribution >= 0.6 is 0 Å².